The van der Waals surface area contributed by atoms with Crippen LogP contribution >= 0.6 is 0 Å². The van der Waals surface area contributed by atoms with Crippen LogP contribution in [0.2, 0.25) is 0 Å². The molecule has 1 fully saturated rings. The number of nitrogens with one attached hydrogen (secondary N) is 2. The highest BCUT2D eigenvalue weighted by atomic mass is 16.5. The zero-order valence-electron chi connectivity index (χ0n) is 33.7. The molecule has 0 spiro atoms. The van der Waals surface area contributed by atoms with Crippen LogP contribution in [0.3, 0.4) is 0 Å². The molecule has 10 atom stereocenters. The molecule has 3 amide bonds. The lowest BCUT2D eigenvalue weighted by Gasteiger charge is -2.41. The third-order valence-corrected chi connectivity index (χ3v) is 11.1. The van der Waals surface area contributed by atoms with Crippen molar-refractivity contribution < 1.29 is 43.7 Å². The van der Waals surface area contributed by atoms with Crippen LogP contribution in [0.15, 0.2) is 30.3 Å². The zero-order chi connectivity index (χ0) is 40.2. The first-order valence-corrected chi connectivity index (χ1v) is 19.0. The number of benzene rings is 1. The van der Waals surface area contributed by atoms with Crippen LogP contribution in [0.5, 0.6) is 0 Å². The smallest absolute Gasteiger partial charge is 0.329 e. The standard InChI is InChI=1S/C40H66N4O9/c1-12-25(6)35(43(9)39(49)28(23(2)3)21-30(45)33(41-8)24(4)5)31(52-10)22-32(46)44-20-16-19-29(44)37(53-11)26(7)38(48)42-34(40(50)51)36(47)27-17-14-13-15-18-27/h13-15,17-18,23-26,28-29,31,33-37,41,47H,12,16,19-22H2,1-11H3,(H,42,48)(H,50,51)/t25-,26+,28-,29-,31+,33-,34-,35-,36-,37+/m0/s1. The number of ether oxygens (including phenoxy) is 2. The molecule has 2 rings (SSSR count). The Morgan fingerprint density at radius 1 is 0.943 bits per heavy atom. The number of aliphatic hydroxyl groups excluding tert-OH is 1. The summed E-state index contributed by atoms with van der Waals surface area (Å²) < 4.78 is 11.8. The molecule has 1 aliphatic heterocycles. The molecular weight excluding hydrogens is 680 g/mol. The highest BCUT2D eigenvalue weighted by Gasteiger charge is 2.44. The van der Waals surface area contributed by atoms with Gasteiger partial charge in [0.05, 0.1) is 42.7 Å². The van der Waals surface area contributed by atoms with Gasteiger partial charge in [-0.25, -0.2) is 4.79 Å². The summed E-state index contributed by atoms with van der Waals surface area (Å²) in [6, 6.07) is 5.34. The molecule has 1 saturated heterocycles. The molecule has 0 unspecified atom stereocenters. The van der Waals surface area contributed by atoms with Crippen LogP contribution < -0.4 is 10.6 Å². The summed E-state index contributed by atoms with van der Waals surface area (Å²) in [7, 11) is 6.47. The van der Waals surface area contributed by atoms with E-state index in [1.54, 1.807) is 61.2 Å². The minimum absolute atomic E-state index is 0.0111. The van der Waals surface area contributed by atoms with Crippen molar-refractivity contribution in [3.05, 3.63) is 35.9 Å². The van der Waals surface area contributed by atoms with Crippen molar-refractivity contribution in [3.63, 3.8) is 0 Å². The number of nitrogens with zero attached hydrogens (tertiary/aromatic N) is 2. The van der Waals surface area contributed by atoms with Gasteiger partial charge in [-0.3, -0.25) is 19.2 Å². The second-order valence-electron chi connectivity index (χ2n) is 15.3. The number of rotatable bonds is 22. The predicted molar refractivity (Wildman–Crippen MR) is 203 cm³/mol. The molecule has 0 bridgehead atoms. The van der Waals surface area contributed by atoms with Gasteiger partial charge in [0.2, 0.25) is 17.7 Å². The van der Waals surface area contributed by atoms with Crippen molar-refractivity contribution in [2.24, 2.45) is 29.6 Å². The average Bonchev–Trinajstić information content (AvgIpc) is 3.61. The van der Waals surface area contributed by atoms with E-state index in [2.05, 4.69) is 10.6 Å². The maximum Gasteiger partial charge on any atom is 0.329 e. The average molecular weight is 747 g/mol. The Bertz CT molecular complexity index is 1340. The van der Waals surface area contributed by atoms with Gasteiger partial charge in [-0.2, -0.15) is 0 Å². The highest BCUT2D eigenvalue weighted by molar-refractivity contribution is 5.90. The number of hydrogen-bond donors (Lipinski definition) is 4. The van der Waals surface area contributed by atoms with Crippen molar-refractivity contribution in [2.45, 2.75) is 123 Å². The molecular formula is C40H66N4O9. The highest BCUT2D eigenvalue weighted by Crippen LogP contribution is 2.31. The third kappa shape index (κ3) is 11.8. The lowest BCUT2D eigenvalue weighted by molar-refractivity contribution is -0.150. The monoisotopic (exact) mass is 746 g/mol. The number of ketones is 1. The number of carbonyl (C=O) groups excluding carboxylic acids is 4. The Kier molecular flexibility index (Phi) is 18.6. The summed E-state index contributed by atoms with van der Waals surface area (Å²) in [4.78, 5) is 70.6. The largest absolute Gasteiger partial charge is 0.480 e. The molecule has 0 saturated carbocycles. The van der Waals surface area contributed by atoms with Gasteiger partial charge in [0.15, 0.2) is 11.8 Å². The molecule has 0 aromatic heterocycles. The van der Waals surface area contributed by atoms with Crippen molar-refractivity contribution in [1.82, 2.24) is 20.4 Å². The van der Waals surface area contributed by atoms with E-state index in [0.717, 1.165) is 6.42 Å². The number of amides is 3. The molecule has 1 aromatic carbocycles. The minimum Gasteiger partial charge on any atom is -0.480 e. The number of aliphatic carboxylic acids is 1. The Labute approximate surface area is 316 Å². The van der Waals surface area contributed by atoms with Gasteiger partial charge < -0.3 is 40.1 Å². The number of carboxylic acids is 1. The molecule has 1 heterocycles. The zero-order valence-corrected chi connectivity index (χ0v) is 33.7. The van der Waals surface area contributed by atoms with Gasteiger partial charge in [0.25, 0.3) is 0 Å². The van der Waals surface area contributed by atoms with Crippen LogP contribution in [0.25, 0.3) is 0 Å². The third-order valence-electron chi connectivity index (χ3n) is 11.1. The first-order valence-electron chi connectivity index (χ1n) is 19.0. The normalized spacial score (nSPS) is 19.8. The van der Waals surface area contributed by atoms with Crippen molar-refractivity contribution in [2.75, 3.05) is 34.9 Å². The molecule has 0 aliphatic carbocycles. The fourth-order valence-electron chi connectivity index (χ4n) is 7.79. The fourth-order valence-corrected chi connectivity index (χ4v) is 7.79. The maximum absolute atomic E-state index is 14.2. The molecule has 1 aromatic rings. The number of hydrogen-bond acceptors (Lipinski definition) is 9. The summed E-state index contributed by atoms with van der Waals surface area (Å²) in [5.41, 5.74) is 0.348. The second-order valence-corrected chi connectivity index (χ2v) is 15.3. The van der Waals surface area contributed by atoms with Crippen LogP contribution in [-0.2, 0) is 33.4 Å². The van der Waals surface area contributed by atoms with Crippen molar-refractivity contribution in [3.8, 4) is 0 Å². The van der Waals surface area contributed by atoms with Crippen molar-refractivity contribution >= 4 is 29.5 Å². The summed E-state index contributed by atoms with van der Waals surface area (Å²) >= 11 is 0. The van der Waals surface area contributed by atoms with Gasteiger partial charge in [0, 0.05) is 40.2 Å². The summed E-state index contributed by atoms with van der Waals surface area (Å²) in [5, 5.41) is 26.2. The Balaban J connectivity index is 2.28. The molecule has 53 heavy (non-hydrogen) atoms. The molecule has 300 valence electrons. The first-order chi connectivity index (χ1) is 25.0. The lowest BCUT2D eigenvalue weighted by Crippen LogP contribution is -2.55. The number of Topliss-reactive ketones (excluding diaryl/α,β-unsaturated/α-hetero) is 1. The Morgan fingerprint density at radius 3 is 2.06 bits per heavy atom. The van der Waals surface area contributed by atoms with E-state index in [-0.39, 0.29) is 54.2 Å². The van der Waals surface area contributed by atoms with Gasteiger partial charge in [0.1, 0.15) is 6.10 Å². The lowest BCUT2D eigenvalue weighted by atomic mass is 9.84. The van der Waals surface area contributed by atoms with Gasteiger partial charge in [-0.15, -0.1) is 0 Å². The van der Waals surface area contributed by atoms with Crippen LogP contribution in [-0.4, -0.2) is 121 Å². The first kappa shape index (κ1) is 45.8. The second kappa shape index (κ2) is 21.5. The fraction of sp³-hybridized carbons (Fsp3) is 0.725. The van der Waals surface area contributed by atoms with Crippen LogP contribution in [0, 0.1) is 29.6 Å². The van der Waals surface area contributed by atoms with Gasteiger partial charge in [-0.1, -0.05) is 85.2 Å². The molecule has 13 heteroatoms. The van der Waals surface area contributed by atoms with E-state index >= 15 is 0 Å². The topological polar surface area (TPSA) is 175 Å². The van der Waals surface area contributed by atoms with E-state index in [1.165, 1.54) is 14.2 Å². The maximum atomic E-state index is 14.2. The Hall–Kier alpha value is -3.39. The number of likely N-dealkylation sites (tertiary alicyclic amines) is 1. The molecule has 0 radical (unpaired) electrons. The quantitative estimate of drug-likeness (QED) is 0.137. The van der Waals surface area contributed by atoms with E-state index in [4.69, 9.17) is 9.47 Å². The summed E-state index contributed by atoms with van der Waals surface area (Å²) in [6.07, 6.45) is -0.868. The number of carboxylic acid groups (broad SMARTS) is 1. The van der Waals surface area contributed by atoms with E-state index in [9.17, 15) is 34.2 Å². The molecule has 4 N–H and O–H groups in total. The summed E-state index contributed by atoms with van der Waals surface area (Å²) in [5.74, 6) is -3.88. The minimum atomic E-state index is -1.60. The Morgan fingerprint density at radius 2 is 1.57 bits per heavy atom. The number of methoxy groups -OCH3 is 2. The van der Waals surface area contributed by atoms with Crippen molar-refractivity contribution in [1.29, 1.82) is 0 Å². The number of carbonyl (C=O) groups is 5. The molecule has 1 aliphatic rings. The van der Waals surface area contributed by atoms with E-state index in [1.807, 2.05) is 41.5 Å². The SMILES string of the molecule is CC[C@H](C)[C@@H]([C@@H](CC(=O)N1CCC[C@H]1[C@H](OC)[C@@H](C)C(=O)N[C@H](C(=O)O)[C@@H](O)c1ccccc1)OC)N(C)C(=O)[C@@H](CC(=O)[C@@H](NC)C(C)C)C(C)C. The predicted octanol–water partition coefficient (Wildman–Crippen LogP) is 3.69. The van der Waals surface area contributed by atoms with E-state index < -0.39 is 60.1 Å². The summed E-state index contributed by atoms with van der Waals surface area (Å²) in [6.45, 7) is 13.9. The number of likely N-dealkylation sites (N-methyl/N-ethyl adjacent to an activating group) is 2. The van der Waals surface area contributed by atoms with Gasteiger partial charge >= 0.3 is 5.97 Å². The number of aliphatic hydroxyl groups is 1. The van der Waals surface area contributed by atoms with Crippen LogP contribution in [0.1, 0.15) is 92.2 Å². The van der Waals surface area contributed by atoms with Crippen LogP contribution in [0.4, 0.5) is 0 Å². The van der Waals surface area contributed by atoms with E-state index in [0.29, 0.717) is 24.9 Å². The molecule has 13 nitrogen and oxygen atoms in total. The van der Waals surface area contributed by atoms with Gasteiger partial charge in [-0.05, 0) is 43.2 Å².